The minimum absolute atomic E-state index is 0.252. The van der Waals surface area contributed by atoms with Gasteiger partial charge in [-0.2, -0.15) is 0 Å². The van der Waals surface area contributed by atoms with E-state index in [2.05, 4.69) is 0 Å². The van der Waals surface area contributed by atoms with Gasteiger partial charge in [-0.05, 0) is 0 Å². The Morgan fingerprint density at radius 2 is 1.61 bits per heavy atom. The second kappa shape index (κ2) is 3.93. The van der Waals surface area contributed by atoms with Gasteiger partial charge in [-0.3, -0.25) is 0 Å². The number of para-hydroxylation sites is 1. The van der Waals surface area contributed by atoms with Crippen molar-refractivity contribution in [3.05, 3.63) is 60.2 Å². The van der Waals surface area contributed by atoms with Crippen LogP contribution in [0.5, 0.6) is 0 Å². The number of benzene rings is 2. The normalized spacial score (nSPS) is 25.7. The topological polar surface area (TPSA) is 63.6 Å². The van der Waals surface area contributed by atoms with Crippen LogP contribution in [0.2, 0.25) is 0 Å². The molecule has 0 aliphatic carbocycles. The van der Waals surface area contributed by atoms with E-state index in [9.17, 15) is 13.2 Å². The van der Waals surface area contributed by atoms with Gasteiger partial charge >= 0.3 is 107 Å². The molecule has 0 fully saturated rings. The molecule has 5 heteroatoms. The van der Waals surface area contributed by atoms with Crippen LogP contribution >= 0.6 is 0 Å². The zero-order valence-corrected chi connectivity index (χ0v) is 11.0. The quantitative estimate of drug-likeness (QED) is 0.745. The Labute approximate surface area is 107 Å². The van der Waals surface area contributed by atoms with Gasteiger partial charge in [0.1, 0.15) is 0 Å². The fourth-order valence-electron chi connectivity index (χ4n) is 2.02. The first-order valence-corrected chi connectivity index (χ1v) is 8.46. The molecule has 2 aromatic carbocycles. The molecule has 0 bridgehead atoms. The zero-order valence-electron chi connectivity index (χ0n) is 9.32. The van der Waals surface area contributed by atoms with Crippen LogP contribution in [-0.4, -0.2) is 23.8 Å². The van der Waals surface area contributed by atoms with Gasteiger partial charge in [-0.15, -0.1) is 0 Å². The van der Waals surface area contributed by atoms with Gasteiger partial charge in [-0.25, -0.2) is 0 Å². The van der Waals surface area contributed by atoms with E-state index in [0.29, 0.717) is 11.3 Å². The Hall–Kier alpha value is -1.65. The summed E-state index contributed by atoms with van der Waals surface area (Å²) in [5, 5.41) is 0. The Morgan fingerprint density at radius 1 is 1.00 bits per heavy atom. The summed E-state index contributed by atoms with van der Waals surface area (Å²) >= 11 is -4.36. The van der Waals surface area contributed by atoms with Crippen LogP contribution in [0, 0.1) is 0 Å². The van der Waals surface area contributed by atoms with E-state index >= 15 is 0 Å². The summed E-state index contributed by atoms with van der Waals surface area (Å²) in [6.45, 7) is 0. The number of anilines is 1. The summed E-state index contributed by atoms with van der Waals surface area (Å²) < 4.78 is 24.0. The standard InChI is InChI=1S/C13H11NO3Se/c15-13-11-8-4-5-9-12(11)18(16,17)14(13)10-6-2-1-3-7-10/h1-9,16-17H/p-1. The molecule has 2 aromatic rings. The van der Waals surface area contributed by atoms with Gasteiger partial charge in [0.15, 0.2) is 0 Å². The van der Waals surface area contributed by atoms with E-state index < -0.39 is 19.6 Å². The predicted octanol–water partition coefficient (Wildman–Crippen LogP) is -0.155. The Kier molecular flexibility index (Phi) is 2.50. The van der Waals surface area contributed by atoms with Crippen molar-refractivity contribution in [2.45, 2.75) is 0 Å². The number of carbonyl (C=O) groups is 1. The molecule has 1 atom stereocenters. The van der Waals surface area contributed by atoms with Crippen LogP contribution in [0.25, 0.3) is 0 Å². The number of rotatable bonds is 1. The van der Waals surface area contributed by atoms with Crippen LogP contribution < -0.4 is 12.6 Å². The summed E-state index contributed by atoms with van der Waals surface area (Å²) in [5.74, 6) is -0.408. The molecule has 3 rings (SSSR count). The number of nitrogens with zero attached hydrogens (tertiary/aromatic N) is 1. The number of amides is 1. The second-order valence-corrected chi connectivity index (χ2v) is 7.70. The molecule has 0 radical (unpaired) electrons. The van der Waals surface area contributed by atoms with E-state index in [1.54, 1.807) is 54.6 Å². The van der Waals surface area contributed by atoms with Gasteiger partial charge in [0, 0.05) is 0 Å². The van der Waals surface area contributed by atoms with Crippen molar-refractivity contribution in [2.24, 2.45) is 0 Å². The molecule has 4 nitrogen and oxygen atoms in total. The van der Waals surface area contributed by atoms with Gasteiger partial charge in [0.2, 0.25) is 0 Å². The van der Waals surface area contributed by atoms with Crippen LogP contribution in [0.15, 0.2) is 54.6 Å². The van der Waals surface area contributed by atoms with Crippen LogP contribution in [0.4, 0.5) is 5.69 Å². The first-order chi connectivity index (χ1) is 8.62. The van der Waals surface area contributed by atoms with Crippen molar-refractivity contribution in [3.63, 3.8) is 0 Å². The van der Waals surface area contributed by atoms with Crippen molar-refractivity contribution >= 4 is 29.8 Å². The Bertz CT molecular complexity index is 613. The molecule has 0 aromatic heterocycles. The molecule has 1 unspecified atom stereocenters. The maximum absolute atomic E-state index is 12.5. The summed E-state index contributed by atoms with van der Waals surface area (Å²) in [6.07, 6.45) is 0. The third-order valence-corrected chi connectivity index (χ3v) is 6.60. The monoisotopic (exact) mass is 308 g/mol. The maximum atomic E-state index is 12.5. The molecule has 1 heterocycles. The average molecular weight is 307 g/mol. The molecule has 1 amide bonds. The number of fused-ring (bicyclic) bond motifs is 1. The average Bonchev–Trinajstić information content (AvgIpc) is 2.59. The van der Waals surface area contributed by atoms with E-state index in [-0.39, 0.29) is 4.46 Å². The third-order valence-electron chi connectivity index (χ3n) is 2.83. The number of carbonyl (C=O) groups excluding carboxylic acids is 1. The fourth-order valence-corrected chi connectivity index (χ4v) is 5.43. The summed E-state index contributed by atoms with van der Waals surface area (Å²) in [7, 11) is 0. The molecule has 0 saturated carbocycles. The predicted molar refractivity (Wildman–Crippen MR) is 67.3 cm³/mol. The summed E-state index contributed by atoms with van der Waals surface area (Å²) in [4.78, 5) is 12.2. The Balaban J connectivity index is 2.18. The fraction of sp³-hybridized carbons (Fsp3) is 0. The van der Waals surface area contributed by atoms with E-state index in [1.807, 2.05) is 0 Å². The van der Waals surface area contributed by atoms with Gasteiger partial charge in [0.05, 0.1) is 0 Å². The summed E-state index contributed by atoms with van der Waals surface area (Å²) in [6, 6.07) is 15.1. The van der Waals surface area contributed by atoms with Crippen molar-refractivity contribution in [1.29, 1.82) is 0 Å². The van der Waals surface area contributed by atoms with E-state index in [0.717, 1.165) is 3.92 Å². The minimum atomic E-state index is -4.36. The molecular weight excluding hydrogens is 297 g/mol. The van der Waals surface area contributed by atoms with Crippen molar-refractivity contribution < 1.29 is 13.2 Å². The molecule has 0 spiro atoms. The third kappa shape index (κ3) is 1.50. The van der Waals surface area contributed by atoms with Crippen LogP contribution in [0.3, 0.4) is 0 Å². The molecule has 1 N–H and O–H groups in total. The van der Waals surface area contributed by atoms with Crippen molar-refractivity contribution in [2.75, 3.05) is 3.92 Å². The van der Waals surface area contributed by atoms with Crippen molar-refractivity contribution in [3.8, 4) is 0 Å². The summed E-state index contributed by atoms with van der Waals surface area (Å²) in [5.41, 5.74) is 0.773. The molecule has 0 saturated heterocycles. The van der Waals surface area contributed by atoms with Crippen LogP contribution in [-0.2, 0) is 0 Å². The van der Waals surface area contributed by atoms with Gasteiger partial charge < -0.3 is 0 Å². The zero-order chi connectivity index (χ0) is 12.8. The first-order valence-electron chi connectivity index (χ1n) is 5.38. The molecule has 92 valence electrons. The molecule has 1 aliphatic heterocycles. The molecule has 1 aliphatic rings. The van der Waals surface area contributed by atoms with E-state index in [4.69, 9.17) is 0 Å². The Morgan fingerprint density at radius 3 is 2.28 bits per heavy atom. The number of hydrogen-bond acceptors (Lipinski definition) is 3. The molecule has 18 heavy (non-hydrogen) atoms. The second-order valence-electron chi connectivity index (χ2n) is 3.93. The first kappa shape index (κ1) is 11.4. The number of hydrogen-bond donors (Lipinski definition) is 1. The van der Waals surface area contributed by atoms with Gasteiger partial charge in [-0.1, -0.05) is 0 Å². The van der Waals surface area contributed by atoms with Crippen LogP contribution in [0.1, 0.15) is 10.4 Å². The van der Waals surface area contributed by atoms with Crippen molar-refractivity contribution in [1.82, 2.24) is 0 Å². The van der Waals surface area contributed by atoms with E-state index in [1.165, 1.54) is 0 Å². The van der Waals surface area contributed by atoms with Gasteiger partial charge in [0.25, 0.3) is 0 Å². The molecular formula is C13H10NO3Se-. The SMILES string of the molecule is O=C1c2ccccc2[Se]([O-])(O)N1c1ccccc1.